The van der Waals surface area contributed by atoms with Crippen LogP contribution in [0.2, 0.25) is 0 Å². The van der Waals surface area contributed by atoms with Crippen LogP contribution in [0.5, 0.6) is 0 Å². The highest BCUT2D eigenvalue weighted by Gasteiger charge is 2.23. The van der Waals surface area contributed by atoms with Gasteiger partial charge in [-0.15, -0.1) is 0 Å². The number of ether oxygens (including phenoxy) is 1. The second-order valence-electron chi connectivity index (χ2n) is 7.21. The van der Waals surface area contributed by atoms with Crippen LogP contribution in [-0.4, -0.2) is 29.0 Å². The van der Waals surface area contributed by atoms with Crippen molar-refractivity contribution in [3.05, 3.63) is 88.7 Å². The Bertz CT molecular complexity index is 1250. The maximum Gasteiger partial charge on any atom is 0.337 e. The minimum absolute atomic E-state index is 0.212. The van der Waals surface area contributed by atoms with Crippen molar-refractivity contribution < 1.29 is 14.3 Å². The number of carbonyl (C=O) groups excluding carboxylic acids is 2. The number of amides is 1. The van der Waals surface area contributed by atoms with Crippen molar-refractivity contribution in [3.8, 4) is 0 Å². The Kier molecular flexibility index (Phi) is 5.77. The number of rotatable bonds is 5. The lowest BCUT2D eigenvalue weighted by Crippen LogP contribution is -2.30. The number of nitrogens with zero attached hydrogens (tertiary/aromatic N) is 3. The van der Waals surface area contributed by atoms with E-state index in [0.29, 0.717) is 16.3 Å². The van der Waals surface area contributed by atoms with E-state index in [1.807, 2.05) is 38.1 Å². The Morgan fingerprint density at radius 1 is 1.03 bits per heavy atom. The summed E-state index contributed by atoms with van der Waals surface area (Å²) in [6.45, 7) is 4.37. The molecule has 156 valence electrons. The first-order valence-electron chi connectivity index (χ1n) is 9.74. The standard InChI is InChI=1S/C24H21N3O3S/c1-15-12-16(2)21-20(13-15)26-24(31-21)27(14-19-6-4-5-11-25-19)22(28)17-7-9-18(10-8-17)23(29)30-3/h4-13H,14H2,1-3H3. The molecule has 0 aliphatic heterocycles. The third-order valence-corrected chi connectivity index (χ3v) is 6.11. The third kappa shape index (κ3) is 4.32. The van der Waals surface area contributed by atoms with Gasteiger partial charge in [-0.3, -0.25) is 14.7 Å². The van der Waals surface area contributed by atoms with Gasteiger partial charge in [-0.1, -0.05) is 23.5 Å². The number of aromatic nitrogens is 2. The van der Waals surface area contributed by atoms with Gasteiger partial charge in [0.15, 0.2) is 5.13 Å². The molecule has 0 N–H and O–H groups in total. The summed E-state index contributed by atoms with van der Waals surface area (Å²) in [5.74, 6) is -0.656. The zero-order valence-electron chi connectivity index (χ0n) is 17.5. The number of hydrogen-bond donors (Lipinski definition) is 0. The van der Waals surface area contributed by atoms with Crippen LogP contribution in [0, 0.1) is 13.8 Å². The Morgan fingerprint density at radius 3 is 2.45 bits per heavy atom. The third-order valence-electron chi connectivity index (χ3n) is 4.88. The summed E-state index contributed by atoms with van der Waals surface area (Å²) < 4.78 is 5.79. The number of anilines is 1. The normalized spacial score (nSPS) is 10.8. The van der Waals surface area contributed by atoms with E-state index >= 15 is 0 Å². The van der Waals surface area contributed by atoms with E-state index in [0.717, 1.165) is 27.0 Å². The lowest BCUT2D eigenvalue weighted by molar-refractivity contribution is 0.0600. The highest BCUT2D eigenvalue weighted by atomic mass is 32.1. The molecule has 0 aliphatic rings. The van der Waals surface area contributed by atoms with Crippen molar-refractivity contribution >= 4 is 38.6 Å². The number of hydrogen-bond acceptors (Lipinski definition) is 6. The Balaban J connectivity index is 1.75. The lowest BCUT2D eigenvalue weighted by Gasteiger charge is -2.19. The predicted molar refractivity (Wildman–Crippen MR) is 122 cm³/mol. The first-order chi connectivity index (χ1) is 15.0. The van der Waals surface area contributed by atoms with Gasteiger partial charge in [0.25, 0.3) is 5.91 Å². The largest absolute Gasteiger partial charge is 0.465 e. The first kappa shape index (κ1) is 20.7. The molecule has 0 fully saturated rings. The minimum atomic E-state index is -0.443. The van der Waals surface area contributed by atoms with E-state index in [1.54, 1.807) is 35.4 Å². The van der Waals surface area contributed by atoms with E-state index in [-0.39, 0.29) is 12.5 Å². The van der Waals surface area contributed by atoms with Crippen molar-refractivity contribution in [2.45, 2.75) is 20.4 Å². The Hall–Kier alpha value is -3.58. The molecule has 2 heterocycles. The molecule has 7 heteroatoms. The molecular weight excluding hydrogens is 410 g/mol. The van der Waals surface area contributed by atoms with E-state index in [9.17, 15) is 9.59 Å². The van der Waals surface area contributed by atoms with Crippen LogP contribution in [0.3, 0.4) is 0 Å². The van der Waals surface area contributed by atoms with Crippen LogP contribution < -0.4 is 4.90 Å². The molecule has 2 aromatic carbocycles. The summed E-state index contributed by atoms with van der Waals surface area (Å²) in [6, 6.07) is 16.2. The van der Waals surface area contributed by atoms with Crippen LogP contribution >= 0.6 is 11.3 Å². The molecular formula is C24H21N3O3S. The zero-order chi connectivity index (χ0) is 22.0. The van der Waals surface area contributed by atoms with E-state index in [2.05, 4.69) is 11.1 Å². The van der Waals surface area contributed by atoms with E-state index in [4.69, 9.17) is 9.72 Å². The molecule has 6 nitrogen and oxygen atoms in total. The zero-order valence-corrected chi connectivity index (χ0v) is 18.3. The molecule has 0 saturated heterocycles. The van der Waals surface area contributed by atoms with Gasteiger partial charge in [0.1, 0.15) is 0 Å². The number of thiazole rings is 1. The number of methoxy groups -OCH3 is 1. The summed E-state index contributed by atoms with van der Waals surface area (Å²) in [4.78, 5) is 36.0. The molecule has 0 bridgehead atoms. The summed E-state index contributed by atoms with van der Waals surface area (Å²) in [7, 11) is 1.33. The van der Waals surface area contributed by atoms with Gasteiger partial charge < -0.3 is 4.74 Å². The van der Waals surface area contributed by atoms with E-state index in [1.165, 1.54) is 18.4 Å². The van der Waals surface area contributed by atoms with Crippen LogP contribution in [0.1, 0.15) is 37.5 Å². The second kappa shape index (κ2) is 8.65. The molecule has 0 spiro atoms. The molecule has 0 aliphatic carbocycles. The molecule has 0 saturated carbocycles. The minimum Gasteiger partial charge on any atom is -0.465 e. The maximum atomic E-state index is 13.5. The fraction of sp³-hybridized carbons (Fsp3) is 0.167. The molecule has 4 rings (SSSR count). The van der Waals surface area contributed by atoms with Crippen molar-refractivity contribution in [2.75, 3.05) is 12.0 Å². The van der Waals surface area contributed by atoms with Gasteiger partial charge in [-0.25, -0.2) is 9.78 Å². The Morgan fingerprint density at radius 2 is 1.77 bits per heavy atom. The fourth-order valence-corrected chi connectivity index (χ4v) is 4.40. The first-order valence-corrected chi connectivity index (χ1v) is 10.6. The summed E-state index contributed by atoms with van der Waals surface area (Å²) in [5, 5.41) is 0.608. The number of benzene rings is 2. The summed E-state index contributed by atoms with van der Waals surface area (Å²) in [6.07, 6.45) is 1.70. The number of aryl methyl sites for hydroxylation is 2. The smallest absolute Gasteiger partial charge is 0.337 e. The van der Waals surface area contributed by atoms with Crippen LogP contribution in [0.4, 0.5) is 5.13 Å². The van der Waals surface area contributed by atoms with Gasteiger partial charge in [-0.2, -0.15) is 0 Å². The van der Waals surface area contributed by atoms with Gasteiger partial charge >= 0.3 is 5.97 Å². The molecule has 0 atom stereocenters. The summed E-state index contributed by atoms with van der Waals surface area (Å²) >= 11 is 1.49. The highest BCUT2D eigenvalue weighted by Crippen LogP contribution is 2.33. The number of fused-ring (bicyclic) bond motifs is 1. The highest BCUT2D eigenvalue weighted by molar-refractivity contribution is 7.22. The second-order valence-corrected chi connectivity index (χ2v) is 8.19. The predicted octanol–water partition coefficient (Wildman–Crippen LogP) is 4.94. The van der Waals surface area contributed by atoms with Crippen molar-refractivity contribution in [2.24, 2.45) is 0 Å². The summed E-state index contributed by atoms with van der Waals surface area (Å²) in [5.41, 5.74) is 4.73. The van der Waals surface area contributed by atoms with Gasteiger partial charge in [0.05, 0.1) is 35.1 Å². The molecule has 4 aromatic rings. The fourth-order valence-electron chi connectivity index (χ4n) is 3.38. The van der Waals surface area contributed by atoms with Crippen LogP contribution in [0.15, 0.2) is 60.8 Å². The van der Waals surface area contributed by atoms with Crippen LogP contribution in [-0.2, 0) is 11.3 Å². The maximum absolute atomic E-state index is 13.5. The van der Waals surface area contributed by atoms with Crippen molar-refractivity contribution in [3.63, 3.8) is 0 Å². The van der Waals surface area contributed by atoms with Crippen LogP contribution in [0.25, 0.3) is 10.2 Å². The molecule has 1 amide bonds. The van der Waals surface area contributed by atoms with Gasteiger partial charge in [0, 0.05) is 11.8 Å². The topological polar surface area (TPSA) is 72.4 Å². The Labute approximate surface area is 184 Å². The van der Waals surface area contributed by atoms with Crippen molar-refractivity contribution in [1.82, 2.24) is 9.97 Å². The lowest BCUT2D eigenvalue weighted by atomic mass is 10.1. The SMILES string of the molecule is COC(=O)c1ccc(C(=O)N(Cc2ccccn2)c2nc3cc(C)cc(C)c3s2)cc1. The van der Waals surface area contributed by atoms with E-state index < -0.39 is 5.97 Å². The molecule has 31 heavy (non-hydrogen) atoms. The average molecular weight is 432 g/mol. The molecule has 0 radical (unpaired) electrons. The monoisotopic (exact) mass is 431 g/mol. The number of carbonyl (C=O) groups is 2. The van der Waals surface area contributed by atoms with Gasteiger partial charge in [-0.05, 0) is 67.4 Å². The number of esters is 1. The molecule has 2 aromatic heterocycles. The molecule has 0 unspecified atom stereocenters. The number of pyridine rings is 1. The average Bonchev–Trinajstić information content (AvgIpc) is 3.21. The quantitative estimate of drug-likeness (QED) is 0.419. The van der Waals surface area contributed by atoms with Gasteiger partial charge in [0.2, 0.25) is 0 Å². The van der Waals surface area contributed by atoms with Crippen molar-refractivity contribution in [1.29, 1.82) is 0 Å².